The first-order chi connectivity index (χ1) is 7.41. The molecule has 1 nitrogen and oxygen atoms in total. The van der Waals surface area contributed by atoms with Crippen molar-refractivity contribution in [2.75, 3.05) is 6.61 Å². The lowest BCUT2D eigenvalue weighted by Crippen LogP contribution is -2.43. The van der Waals surface area contributed by atoms with Gasteiger partial charge in [0.25, 0.3) is 0 Å². The van der Waals surface area contributed by atoms with Crippen LogP contribution in [0.15, 0.2) is 0 Å². The summed E-state index contributed by atoms with van der Waals surface area (Å²) < 4.78 is 5.86. The first-order valence-electron chi connectivity index (χ1n) is 7.05. The average molecular weight is 210 g/mol. The number of rotatable bonds is 0. The second-order valence-corrected chi connectivity index (χ2v) is 5.46. The zero-order chi connectivity index (χ0) is 10.4. The molecule has 0 radical (unpaired) electrons. The highest BCUT2D eigenvalue weighted by atomic mass is 16.5. The van der Waals surface area contributed by atoms with Crippen molar-refractivity contribution in [2.45, 2.75) is 82.7 Å². The summed E-state index contributed by atoms with van der Waals surface area (Å²) in [6.45, 7) is 1.03. The second kappa shape index (κ2) is 5.89. The van der Waals surface area contributed by atoms with E-state index in [4.69, 9.17) is 4.74 Å². The highest BCUT2D eigenvalue weighted by molar-refractivity contribution is 4.87. The van der Waals surface area contributed by atoms with Crippen LogP contribution in [0.5, 0.6) is 0 Å². The standard InChI is InChI=1S/C14H26O/c1-2-4-6-8-10-14(12-13-15-14)11-9-7-5-3-1/h1-13H2. The minimum Gasteiger partial charge on any atom is -0.375 e. The van der Waals surface area contributed by atoms with E-state index in [-0.39, 0.29) is 0 Å². The van der Waals surface area contributed by atoms with Crippen LogP contribution in [0.3, 0.4) is 0 Å². The normalized spacial score (nSPS) is 28.8. The Labute approximate surface area is 94.6 Å². The molecule has 0 unspecified atom stereocenters. The first-order valence-corrected chi connectivity index (χ1v) is 7.05. The topological polar surface area (TPSA) is 9.23 Å². The quantitative estimate of drug-likeness (QED) is 0.574. The fraction of sp³-hybridized carbons (Fsp3) is 1.00. The molecule has 1 aliphatic carbocycles. The van der Waals surface area contributed by atoms with E-state index < -0.39 is 0 Å². The maximum atomic E-state index is 5.86. The summed E-state index contributed by atoms with van der Waals surface area (Å²) in [6, 6.07) is 0. The third kappa shape index (κ3) is 3.48. The van der Waals surface area contributed by atoms with Crippen molar-refractivity contribution in [1.82, 2.24) is 0 Å². The molecule has 0 aromatic rings. The molecule has 1 aliphatic heterocycles. The Morgan fingerprint density at radius 2 is 0.933 bits per heavy atom. The molecule has 1 spiro atoms. The van der Waals surface area contributed by atoms with Crippen molar-refractivity contribution in [3.8, 4) is 0 Å². The minimum absolute atomic E-state index is 0.346. The summed E-state index contributed by atoms with van der Waals surface area (Å²) in [6.07, 6.45) is 17.0. The molecule has 1 saturated carbocycles. The fourth-order valence-electron chi connectivity index (χ4n) is 3.04. The zero-order valence-electron chi connectivity index (χ0n) is 10.1. The molecule has 2 rings (SSSR count). The maximum Gasteiger partial charge on any atom is 0.0704 e. The Morgan fingerprint density at radius 1 is 0.533 bits per heavy atom. The Morgan fingerprint density at radius 3 is 1.27 bits per heavy atom. The van der Waals surface area contributed by atoms with E-state index >= 15 is 0 Å². The largest absolute Gasteiger partial charge is 0.375 e. The van der Waals surface area contributed by atoms with Crippen LogP contribution >= 0.6 is 0 Å². The summed E-state index contributed by atoms with van der Waals surface area (Å²) in [5, 5.41) is 0. The molecule has 0 N–H and O–H groups in total. The zero-order valence-corrected chi connectivity index (χ0v) is 10.1. The third-order valence-electron chi connectivity index (χ3n) is 4.23. The summed E-state index contributed by atoms with van der Waals surface area (Å²) in [5.41, 5.74) is 0.346. The molecule has 0 bridgehead atoms. The molecule has 1 heterocycles. The fourth-order valence-corrected chi connectivity index (χ4v) is 3.04. The smallest absolute Gasteiger partial charge is 0.0704 e. The molecule has 15 heavy (non-hydrogen) atoms. The van der Waals surface area contributed by atoms with Gasteiger partial charge in [0.2, 0.25) is 0 Å². The van der Waals surface area contributed by atoms with E-state index in [1.807, 2.05) is 0 Å². The van der Waals surface area contributed by atoms with E-state index in [1.54, 1.807) is 0 Å². The van der Waals surface area contributed by atoms with Crippen LogP contribution in [0.2, 0.25) is 0 Å². The molecular formula is C14H26O. The van der Waals surface area contributed by atoms with Crippen molar-refractivity contribution in [2.24, 2.45) is 0 Å². The monoisotopic (exact) mass is 210 g/mol. The van der Waals surface area contributed by atoms with Crippen molar-refractivity contribution in [3.05, 3.63) is 0 Å². The van der Waals surface area contributed by atoms with Gasteiger partial charge in [0.15, 0.2) is 0 Å². The highest BCUT2D eigenvalue weighted by Gasteiger charge is 2.36. The van der Waals surface area contributed by atoms with Gasteiger partial charge in [0.05, 0.1) is 12.2 Å². The van der Waals surface area contributed by atoms with Crippen LogP contribution < -0.4 is 0 Å². The summed E-state index contributed by atoms with van der Waals surface area (Å²) in [7, 11) is 0. The molecule has 0 atom stereocenters. The Hall–Kier alpha value is -0.0400. The van der Waals surface area contributed by atoms with Gasteiger partial charge in [-0.3, -0.25) is 0 Å². The average Bonchev–Trinajstić information content (AvgIpc) is 2.16. The van der Waals surface area contributed by atoms with Crippen LogP contribution in [-0.2, 0) is 4.74 Å². The van der Waals surface area contributed by atoms with E-state index in [2.05, 4.69) is 0 Å². The lowest BCUT2D eigenvalue weighted by atomic mass is 9.83. The van der Waals surface area contributed by atoms with Gasteiger partial charge in [-0.05, 0) is 19.3 Å². The lowest BCUT2D eigenvalue weighted by molar-refractivity contribution is -0.157. The van der Waals surface area contributed by atoms with Crippen LogP contribution in [0.1, 0.15) is 77.0 Å². The van der Waals surface area contributed by atoms with Crippen molar-refractivity contribution in [3.63, 3.8) is 0 Å². The minimum atomic E-state index is 0.346. The van der Waals surface area contributed by atoms with E-state index in [1.165, 1.54) is 77.0 Å². The number of hydrogen-bond donors (Lipinski definition) is 0. The van der Waals surface area contributed by atoms with E-state index in [9.17, 15) is 0 Å². The predicted octanol–water partition coefficient (Wildman–Crippen LogP) is 4.45. The Balaban J connectivity index is 1.75. The van der Waals surface area contributed by atoms with Crippen LogP contribution in [0.25, 0.3) is 0 Å². The number of hydrogen-bond acceptors (Lipinski definition) is 1. The second-order valence-electron chi connectivity index (χ2n) is 5.46. The molecule has 0 aromatic carbocycles. The summed E-state index contributed by atoms with van der Waals surface area (Å²) >= 11 is 0. The predicted molar refractivity (Wildman–Crippen MR) is 64.1 cm³/mol. The van der Waals surface area contributed by atoms with Crippen molar-refractivity contribution >= 4 is 0 Å². The molecule has 0 aromatic heterocycles. The van der Waals surface area contributed by atoms with Gasteiger partial charge in [0, 0.05) is 0 Å². The summed E-state index contributed by atoms with van der Waals surface area (Å²) in [5.74, 6) is 0. The van der Waals surface area contributed by atoms with Gasteiger partial charge in [-0.25, -0.2) is 0 Å². The van der Waals surface area contributed by atoms with Gasteiger partial charge in [-0.15, -0.1) is 0 Å². The van der Waals surface area contributed by atoms with Crippen molar-refractivity contribution < 1.29 is 4.74 Å². The molecule has 1 heteroatoms. The summed E-state index contributed by atoms with van der Waals surface area (Å²) in [4.78, 5) is 0. The third-order valence-corrected chi connectivity index (χ3v) is 4.23. The van der Waals surface area contributed by atoms with Gasteiger partial charge in [-0.1, -0.05) is 57.8 Å². The molecular weight excluding hydrogens is 184 g/mol. The van der Waals surface area contributed by atoms with E-state index in [0.717, 1.165) is 6.61 Å². The SMILES string of the molecule is C1CCCCCC2(CCCCC1)CCO2. The van der Waals surface area contributed by atoms with Gasteiger partial charge >= 0.3 is 0 Å². The lowest BCUT2D eigenvalue weighted by Gasteiger charge is -2.42. The molecule has 88 valence electrons. The Bertz CT molecular complexity index is 158. The Kier molecular flexibility index (Phi) is 4.49. The highest BCUT2D eigenvalue weighted by Crippen LogP contribution is 2.37. The van der Waals surface area contributed by atoms with Crippen LogP contribution in [0, 0.1) is 0 Å². The van der Waals surface area contributed by atoms with Crippen molar-refractivity contribution in [1.29, 1.82) is 0 Å². The number of ether oxygens (including phenoxy) is 1. The van der Waals surface area contributed by atoms with Crippen LogP contribution in [-0.4, -0.2) is 12.2 Å². The van der Waals surface area contributed by atoms with Crippen LogP contribution in [0.4, 0.5) is 0 Å². The molecule has 1 saturated heterocycles. The van der Waals surface area contributed by atoms with Gasteiger partial charge < -0.3 is 4.74 Å². The first kappa shape index (κ1) is 11.4. The molecule has 0 amide bonds. The molecule has 2 aliphatic rings. The van der Waals surface area contributed by atoms with E-state index in [0.29, 0.717) is 5.60 Å². The molecule has 2 fully saturated rings. The van der Waals surface area contributed by atoms with Gasteiger partial charge in [0.1, 0.15) is 0 Å². The van der Waals surface area contributed by atoms with Gasteiger partial charge in [-0.2, -0.15) is 0 Å². The maximum absolute atomic E-state index is 5.86.